The summed E-state index contributed by atoms with van der Waals surface area (Å²) in [5.41, 5.74) is -0.916. The normalized spacial score (nSPS) is 16.6. The first-order valence-electron chi connectivity index (χ1n) is 8.80. The number of anilines is 3. The highest BCUT2D eigenvalue weighted by Gasteiger charge is 2.38. The van der Waals surface area contributed by atoms with E-state index in [0.717, 1.165) is 12.1 Å². The highest BCUT2D eigenvalue weighted by Crippen LogP contribution is 2.37. The Hall–Kier alpha value is -3.36. The van der Waals surface area contributed by atoms with Crippen LogP contribution in [0.2, 0.25) is 0 Å². The number of hydrogen-bond acceptors (Lipinski definition) is 3. The Bertz CT molecular complexity index is 945. The van der Waals surface area contributed by atoms with Crippen molar-refractivity contribution in [3.8, 4) is 0 Å². The predicted molar refractivity (Wildman–Crippen MR) is 101 cm³/mol. The van der Waals surface area contributed by atoms with Gasteiger partial charge in [0, 0.05) is 31.3 Å². The first-order chi connectivity index (χ1) is 13.6. The van der Waals surface area contributed by atoms with Gasteiger partial charge in [-0.05, 0) is 30.3 Å². The van der Waals surface area contributed by atoms with Crippen molar-refractivity contribution >= 4 is 34.8 Å². The van der Waals surface area contributed by atoms with Gasteiger partial charge < -0.3 is 15.5 Å². The Morgan fingerprint density at radius 3 is 2.38 bits per heavy atom. The average molecular weight is 405 g/mol. The smallest absolute Gasteiger partial charge is 0.326 e. The lowest BCUT2D eigenvalue weighted by molar-refractivity contribution is -0.137. The Labute approximate surface area is 164 Å². The topological polar surface area (TPSA) is 78.5 Å². The maximum Gasteiger partial charge on any atom is 0.418 e. The number of para-hydroxylation sites is 1. The quantitative estimate of drug-likeness (QED) is 0.815. The SMILES string of the molecule is CC(=O)Nc1ccc(NC(=O)C2CC(=O)N(c3ccccc3)C2)c(C(F)(F)F)c1. The van der Waals surface area contributed by atoms with Crippen LogP contribution in [0, 0.1) is 5.92 Å². The monoisotopic (exact) mass is 405 g/mol. The van der Waals surface area contributed by atoms with Crippen LogP contribution < -0.4 is 15.5 Å². The number of nitrogens with one attached hydrogen (secondary N) is 2. The second kappa shape index (κ2) is 7.94. The summed E-state index contributed by atoms with van der Waals surface area (Å²) in [6.07, 6.45) is -4.83. The van der Waals surface area contributed by atoms with Crippen molar-refractivity contribution in [3.63, 3.8) is 0 Å². The van der Waals surface area contributed by atoms with E-state index in [0.29, 0.717) is 5.69 Å². The summed E-state index contributed by atoms with van der Waals surface area (Å²) >= 11 is 0. The first kappa shape index (κ1) is 20.4. The molecule has 1 fully saturated rings. The predicted octanol–water partition coefficient (Wildman–Crippen LogP) is 3.66. The van der Waals surface area contributed by atoms with Crippen molar-refractivity contribution in [1.82, 2.24) is 0 Å². The molecule has 29 heavy (non-hydrogen) atoms. The molecule has 2 aromatic rings. The number of halogens is 3. The van der Waals surface area contributed by atoms with Crippen LogP contribution in [0.3, 0.4) is 0 Å². The molecular weight excluding hydrogens is 387 g/mol. The van der Waals surface area contributed by atoms with E-state index in [2.05, 4.69) is 10.6 Å². The molecule has 9 heteroatoms. The van der Waals surface area contributed by atoms with Crippen LogP contribution in [0.25, 0.3) is 0 Å². The van der Waals surface area contributed by atoms with Gasteiger partial charge in [0.25, 0.3) is 0 Å². The van der Waals surface area contributed by atoms with Gasteiger partial charge in [0.05, 0.1) is 17.2 Å². The van der Waals surface area contributed by atoms with E-state index in [9.17, 15) is 27.6 Å². The molecule has 6 nitrogen and oxygen atoms in total. The Kier molecular flexibility index (Phi) is 5.58. The van der Waals surface area contributed by atoms with Crippen LogP contribution >= 0.6 is 0 Å². The molecule has 2 aromatic carbocycles. The fourth-order valence-corrected chi connectivity index (χ4v) is 3.14. The third kappa shape index (κ3) is 4.74. The molecule has 2 N–H and O–H groups in total. The molecule has 1 aliphatic heterocycles. The molecule has 0 radical (unpaired) electrons. The lowest BCUT2D eigenvalue weighted by Gasteiger charge is -2.18. The molecule has 0 spiro atoms. The van der Waals surface area contributed by atoms with Gasteiger partial charge in [-0.3, -0.25) is 14.4 Å². The van der Waals surface area contributed by atoms with Gasteiger partial charge in [-0.2, -0.15) is 13.2 Å². The molecule has 0 aliphatic carbocycles. The van der Waals surface area contributed by atoms with Gasteiger partial charge in [0.1, 0.15) is 0 Å². The summed E-state index contributed by atoms with van der Waals surface area (Å²) in [5.74, 6) is -2.23. The second-order valence-electron chi connectivity index (χ2n) is 6.67. The molecule has 1 saturated heterocycles. The highest BCUT2D eigenvalue weighted by molar-refractivity contribution is 6.04. The van der Waals surface area contributed by atoms with Crippen molar-refractivity contribution in [2.75, 3.05) is 22.1 Å². The van der Waals surface area contributed by atoms with Crippen molar-refractivity contribution in [2.45, 2.75) is 19.5 Å². The number of amides is 3. The van der Waals surface area contributed by atoms with E-state index in [4.69, 9.17) is 0 Å². The van der Waals surface area contributed by atoms with E-state index < -0.39 is 35.2 Å². The van der Waals surface area contributed by atoms with Crippen molar-refractivity contribution in [2.24, 2.45) is 5.92 Å². The Balaban J connectivity index is 1.78. The van der Waals surface area contributed by atoms with Gasteiger partial charge in [-0.25, -0.2) is 0 Å². The van der Waals surface area contributed by atoms with Crippen LogP contribution in [0.5, 0.6) is 0 Å². The van der Waals surface area contributed by atoms with Crippen LogP contribution in [0.4, 0.5) is 30.2 Å². The molecule has 1 atom stereocenters. The maximum absolute atomic E-state index is 13.4. The summed E-state index contributed by atoms with van der Waals surface area (Å²) in [6.45, 7) is 1.26. The number of rotatable bonds is 4. The molecule has 0 saturated carbocycles. The number of carbonyl (C=O) groups excluding carboxylic acids is 3. The number of alkyl halides is 3. The molecule has 152 valence electrons. The van der Waals surface area contributed by atoms with Crippen molar-refractivity contribution < 1.29 is 27.6 Å². The fourth-order valence-electron chi connectivity index (χ4n) is 3.14. The van der Waals surface area contributed by atoms with E-state index in [1.54, 1.807) is 30.3 Å². The zero-order valence-corrected chi connectivity index (χ0v) is 15.4. The third-order valence-corrected chi connectivity index (χ3v) is 4.47. The van der Waals surface area contributed by atoms with Crippen LogP contribution in [0.1, 0.15) is 18.9 Å². The van der Waals surface area contributed by atoms with E-state index in [1.807, 2.05) is 0 Å². The van der Waals surface area contributed by atoms with Crippen molar-refractivity contribution in [1.29, 1.82) is 0 Å². The van der Waals surface area contributed by atoms with Gasteiger partial charge in [-0.1, -0.05) is 18.2 Å². The zero-order chi connectivity index (χ0) is 21.2. The minimum Gasteiger partial charge on any atom is -0.326 e. The number of benzene rings is 2. The largest absolute Gasteiger partial charge is 0.418 e. The molecule has 1 aliphatic rings. The Morgan fingerprint density at radius 1 is 1.07 bits per heavy atom. The molecule has 1 heterocycles. The molecular formula is C20H18F3N3O3. The minimum absolute atomic E-state index is 0.0332. The average Bonchev–Trinajstić information content (AvgIpc) is 3.04. The summed E-state index contributed by atoms with van der Waals surface area (Å²) in [6, 6.07) is 11.8. The lowest BCUT2D eigenvalue weighted by Crippen LogP contribution is -2.28. The molecule has 3 rings (SSSR count). The van der Waals surface area contributed by atoms with Crippen LogP contribution in [0.15, 0.2) is 48.5 Å². The zero-order valence-electron chi connectivity index (χ0n) is 15.4. The molecule has 3 amide bonds. The van der Waals surface area contributed by atoms with Crippen LogP contribution in [-0.2, 0) is 20.6 Å². The second-order valence-corrected chi connectivity index (χ2v) is 6.67. The fraction of sp³-hybridized carbons (Fsp3) is 0.250. The summed E-state index contributed by atoms with van der Waals surface area (Å²) in [5, 5.41) is 4.56. The summed E-state index contributed by atoms with van der Waals surface area (Å²) in [7, 11) is 0. The van der Waals surface area contributed by atoms with Gasteiger partial charge in [0.2, 0.25) is 17.7 Å². The van der Waals surface area contributed by atoms with E-state index in [1.165, 1.54) is 17.9 Å². The van der Waals surface area contributed by atoms with Gasteiger partial charge in [-0.15, -0.1) is 0 Å². The summed E-state index contributed by atoms with van der Waals surface area (Å²) in [4.78, 5) is 37.3. The standard InChI is InChI=1S/C20H18F3N3O3/c1-12(27)24-14-7-8-17(16(10-14)20(21,22)23)25-19(29)13-9-18(28)26(11-13)15-5-3-2-4-6-15/h2-8,10,13H,9,11H2,1H3,(H,24,27)(H,25,29). The number of carbonyl (C=O) groups is 3. The first-order valence-corrected chi connectivity index (χ1v) is 8.80. The van der Waals surface area contributed by atoms with E-state index in [-0.39, 0.29) is 24.6 Å². The van der Waals surface area contributed by atoms with Gasteiger partial charge in [0.15, 0.2) is 0 Å². The number of hydrogen-bond donors (Lipinski definition) is 2. The third-order valence-electron chi connectivity index (χ3n) is 4.47. The van der Waals surface area contributed by atoms with E-state index >= 15 is 0 Å². The highest BCUT2D eigenvalue weighted by atomic mass is 19.4. The molecule has 1 unspecified atom stereocenters. The van der Waals surface area contributed by atoms with Crippen LogP contribution in [-0.4, -0.2) is 24.3 Å². The summed E-state index contributed by atoms with van der Waals surface area (Å²) < 4.78 is 40.2. The lowest BCUT2D eigenvalue weighted by atomic mass is 10.1. The Morgan fingerprint density at radius 2 is 1.76 bits per heavy atom. The minimum atomic E-state index is -4.74. The van der Waals surface area contributed by atoms with Crippen molar-refractivity contribution in [3.05, 3.63) is 54.1 Å². The van der Waals surface area contributed by atoms with Gasteiger partial charge >= 0.3 is 6.18 Å². The molecule has 0 bridgehead atoms. The molecule has 0 aromatic heterocycles. The number of nitrogens with zero attached hydrogens (tertiary/aromatic N) is 1. The maximum atomic E-state index is 13.4.